The molecule has 3 heteroatoms. The van der Waals surface area contributed by atoms with Crippen molar-refractivity contribution in [3.8, 4) is 0 Å². The highest BCUT2D eigenvalue weighted by Gasteiger charge is 2.03. The molecule has 0 unspecified atom stereocenters. The molecule has 0 spiro atoms. The third-order valence-electron chi connectivity index (χ3n) is 4.77. The van der Waals surface area contributed by atoms with E-state index in [4.69, 9.17) is 4.74 Å². The molecule has 0 radical (unpaired) electrons. The largest absolute Gasteiger partial charge is 0.461 e. The number of esters is 1. The van der Waals surface area contributed by atoms with Crippen LogP contribution >= 0.6 is 0 Å². The van der Waals surface area contributed by atoms with E-state index >= 15 is 0 Å². The van der Waals surface area contributed by atoms with Crippen LogP contribution in [0.25, 0.3) is 0 Å². The number of pyridine rings is 1. The lowest BCUT2D eigenvalue weighted by Crippen LogP contribution is -2.04. The first-order valence-electron chi connectivity index (χ1n) is 11.0. The molecule has 3 nitrogen and oxygen atoms in total. The number of ether oxygens (including phenoxy) is 1. The van der Waals surface area contributed by atoms with Gasteiger partial charge >= 0.3 is 5.97 Å². The minimum Gasteiger partial charge on any atom is -0.461 e. The molecular weight excluding hydrogens is 334 g/mol. The van der Waals surface area contributed by atoms with Gasteiger partial charge in [-0.1, -0.05) is 76.5 Å². The van der Waals surface area contributed by atoms with Crippen LogP contribution in [0.3, 0.4) is 0 Å². The predicted octanol–water partition coefficient (Wildman–Crippen LogP) is 7.16. The number of carbonyl (C=O) groups is 1. The van der Waals surface area contributed by atoms with Gasteiger partial charge in [-0.15, -0.1) is 0 Å². The molecule has 152 valence electrons. The molecule has 0 bridgehead atoms. The first-order valence-corrected chi connectivity index (χ1v) is 11.0. The SMILES string of the molecule is CCCCCCCC/C=C\CCCCCCCC(=O)OCc1cccnc1. The second-order valence-corrected chi connectivity index (χ2v) is 7.36. The molecule has 27 heavy (non-hydrogen) atoms. The van der Waals surface area contributed by atoms with Crippen LogP contribution in [0.5, 0.6) is 0 Å². The van der Waals surface area contributed by atoms with Gasteiger partial charge in [0.25, 0.3) is 0 Å². The van der Waals surface area contributed by atoms with Crippen LogP contribution in [0.2, 0.25) is 0 Å². The Hall–Kier alpha value is -1.64. The number of unbranched alkanes of at least 4 members (excludes halogenated alkanes) is 11. The van der Waals surface area contributed by atoms with Gasteiger partial charge in [0.15, 0.2) is 0 Å². The Morgan fingerprint density at radius 2 is 1.56 bits per heavy atom. The number of allylic oxidation sites excluding steroid dienone is 2. The van der Waals surface area contributed by atoms with Crippen molar-refractivity contribution in [1.82, 2.24) is 4.98 Å². The number of rotatable bonds is 17. The zero-order valence-electron chi connectivity index (χ0n) is 17.3. The van der Waals surface area contributed by atoms with E-state index in [-0.39, 0.29) is 5.97 Å². The molecule has 0 saturated heterocycles. The van der Waals surface area contributed by atoms with Crippen LogP contribution in [0.4, 0.5) is 0 Å². The van der Waals surface area contributed by atoms with Crippen molar-refractivity contribution >= 4 is 5.97 Å². The average Bonchev–Trinajstić information content (AvgIpc) is 2.70. The average molecular weight is 374 g/mol. The van der Waals surface area contributed by atoms with E-state index in [1.165, 1.54) is 70.6 Å². The minimum atomic E-state index is -0.100. The van der Waals surface area contributed by atoms with Crippen molar-refractivity contribution in [3.63, 3.8) is 0 Å². The molecule has 0 atom stereocenters. The van der Waals surface area contributed by atoms with Crippen LogP contribution in [0.15, 0.2) is 36.7 Å². The molecular formula is C24H39NO2. The number of hydrogen-bond acceptors (Lipinski definition) is 3. The van der Waals surface area contributed by atoms with Crippen molar-refractivity contribution < 1.29 is 9.53 Å². The second kappa shape index (κ2) is 17.8. The summed E-state index contributed by atoms with van der Waals surface area (Å²) in [4.78, 5) is 15.7. The molecule has 1 rings (SSSR count). The molecule has 1 aromatic heterocycles. The highest BCUT2D eigenvalue weighted by atomic mass is 16.5. The first-order chi connectivity index (χ1) is 13.3. The van der Waals surface area contributed by atoms with E-state index in [2.05, 4.69) is 24.1 Å². The molecule has 1 heterocycles. The molecule has 0 fully saturated rings. The van der Waals surface area contributed by atoms with E-state index in [9.17, 15) is 4.79 Å². The zero-order valence-corrected chi connectivity index (χ0v) is 17.3. The quantitative estimate of drug-likeness (QED) is 0.165. The normalized spacial score (nSPS) is 11.1. The maximum atomic E-state index is 11.7. The van der Waals surface area contributed by atoms with Gasteiger partial charge in [0.2, 0.25) is 0 Å². The second-order valence-electron chi connectivity index (χ2n) is 7.36. The van der Waals surface area contributed by atoms with Gasteiger partial charge in [0.1, 0.15) is 6.61 Å². The minimum absolute atomic E-state index is 0.100. The number of nitrogens with zero attached hydrogens (tertiary/aromatic N) is 1. The fourth-order valence-corrected chi connectivity index (χ4v) is 3.06. The summed E-state index contributed by atoms with van der Waals surface area (Å²) in [5.74, 6) is -0.100. The van der Waals surface area contributed by atoms with Crippen LogP contribution in [0, 0.1) is 0 Å². The van der Waals surface area contributed by atoms with E-state index in [1.54, 1.807) is 12.4 Å². The Labute approximate surface area is 166 Å². The van der Waals surface area contributed by atoms with Gasteiger partial charge in [-0.3, -0.25) is 9.78 Å². The zero-order chi connectivity index (χ0) is 19.4. The van der Waals surface area contributed by atoms with Crippen LogP contribution < -0.4 is 0 Å². The maximum absolute atomic E-state index is 11.7. The standard InChI is InChI=1S/C24H39NO2/c1-2-3-4-5-6-7-8-9-10-11-12-13-14-15-16-19-24(26)27-22-23-18-17-20-25-21-23/h9-10,17-18,20-21H,2-8,11-16,19,22H2,1H3/b10-9-. The summed E-state index contributed by atoms with van der Waals surface area (Å²) in [6.07, 6.45) is 25.2. The lowest BCUT2D eigenvalue weighted by molar-refractivity contribution is -0.145. The summed E-state index contributed by atoms with van der Waals surface area (Å²) < 4.78 is 5.26. The van der Waals surface area contributed by atoms with Crippen LogP contribution in [-0.2, 0) is 16.1 Å². The van der Waals surface area contributed by atoms with Gasteiger partial charge in [-0.25, -0.2) is 0 Å². The molecule has 1 aromatic rings. The smallest absolute Gasteiger partial charge is 0.306 e. The summed E-state index contributed by atoms with van der Waals surface area (Å²) in [5, 5.41) is 0. The summed E-state index contributed by atoms with van der Waals surface area (Å²) in [6, 6.07) is 3.77. The Balaban J connectivity index is 1.82. The highest BCUT2D eigenvalue weighted by molar-refractivity contribution is 5.69. The molecule has 0 amide bonds. The molecule has 0 aliphatic rings. The number of hydrogen-bond donors (Lipinski definition) is 0. The Morgan fingerprint density at radius 3 is 2.19 bits per heavy atom. The number of aromatic nitrogens is 1. The number of carbonyl (C=O) groups excluding carboxylic acids is 1. The van der Waals surface area contributed by atoms with Gasteiger partial charge < -0.3 is 4.74 Å². The van der Waals surface area contributed by atoms with Crippen LogP contribution in [0.1, 0.15) is 102 Å². The van der Waals surface area contributed by atoms with E-state index in [1.807, 2.05) is 12.1 Å². The Morgan fingerprint density at radius 1 is 0.926 bits per heavy atom. The van der Waals surface area contributed by atoms with E-state index in [0.29, 0.717) is 13.0 Å². The topological polar surface area (TPSA) is 39.2 Å². The summed E-state index contributed by atoms with van der Waals surface area (Å²) in [5.41, 5.74) is 0.940. The van der Waals surface area contributed by atoms with Crippen LogP contribution in [-0.4, -0.2) is 11.0 Å². The molecule has 0 N–H and O–H groups in total. The lowest BCUT2D eigenvalue weighted by Gasteiger charge is -2.04. The van der Waals surface area contributed by atoms with Gasteiger partial charge in [0.05, 0.1) is 0 Å². The highest BCUT2D eigenvalue weighted by Crippen LogP contribution is 2.10. The molecule has 0 aromatic carbocycles. The summed E-state index contributed by atoms with van der Waals surface area (Å²) in [6.45, 7) is 2.60. The van der Waals surface area contributed by atoms with Crippen molar-refractivity contribution in [2.75, 3.05) is 0 Å². The Bertz CT molecular complexity index is 484. The fraction of sp³-hybridized carbons (Fsp3) is 0.667. The van der Waals surface area contributed by atoms with Crippen molar-refractivity contribution in [1.29, 1.82) is 0 Å². The molecule has 0 aliphatic carbocycles. The van der Waals surface area contributed by atoms with E-state index in [0.717, 1.165) is 18.4 Å². The summed E-state index contributed by atoms with van der Waals surface area (Å²) in [7, 11) is 0. The maximum Gasteiger partial charge on any atom is 0.306 e. The van der Waals surface area contributed by atoms with Crippen molar-refractivity contribution in [3.05, 3.63) is 42.2 Å². The monoisotopic (exact) mass is 373 g/mol. The van der Waals surface area contributed by atoms with Crippen molar-refractivity contribution in [2.45, 2.75) is 103 Å². The van der Waals surface area contributed by atoms with E-state index < -0.39 is 0 Å². The van der Waals surface area contributed by atoms with Crippen molar-refractivity contribution in [2.24, 2.45) is 0 Å². The molecule has 0 aliphatic heterocycles. The predicted molar refractivity (Wildman–Crippen MR) is 113 cm³/mol. The first kappa shape index (κ1) is 23.4. The third kappa shape index (κ3) is 15.1. The van der Waals surface area contributed by atoms with Gasteiger partial charge in [0, 0.05) is 24.4 Å². The molecule has 0 saturated carbocycles. The summed E-state index contributed by atoms with van der Waals surface area (Å²) >= 11 is 0. The lowest BCUT2D eigenvalue weighted by atomic mass is 10.1. The van der Waals surface area contributed by atoms with Gasteiger partial charge in [-0.2, -0.15) is 0 Å². The Kier molecular flexibility index (Phi) is 15.4. The fourth-order valence-electron chi connectivity index (χ4n) is 3.06. The van der Waals surface area contributed by atoms with Gasteiger partial charge in [-0.05, 0) is 38.2 Å². The third-order valence-corrected chi connectivity index (χ3v) is 4.77.